The summed E-state index contributed by atoms with van der Waals surface area (Å²) < 4.78 is 11.7. The van der Waals surface area contributed by atoms with E-state index in [2.05, 4.69) is 21.3 Å². The number of carbonyl (C=O) groups excluding carboxylic acids is 2. The molecule has 1 fully saturated rings. The van der Waals surface area contributed by atoms with Gasteiger partial charge in [-0.2, -0.15) is 0 Å². The molecular weight excluding hydrogens is 416 g/mol. The Bertz CT molecular complexity index is 1150. The summed E-state index contributed by atoms with van der Waals surface area (Å²) in [5, 5.41) is 3.24. The van der Waals surface area contributed by atoms with Crippen molar-refractivity contribution in [3.8, 4) is 11.5 Å². The molecule has 0 bridgehead atoms. The molecule has 3 heterocycles. The second-order valence-corrected chi connectivity index (χ2v) is 8.67. The third-order valence-corrected chi connectivity index (χ3v) is 6.35. The molecule has 0 unspecified atom stereocenters. The van der Waals surface area contributed by atoms with Gasteiger partial charge in [0.1, 0.15) is 0 Å². The van der Waals surface area contributed by atoms with E-state index in [4.69, 9.17) is 9.47 Å². The lowest BCUT2D eigenvalue weighted by Gasteiger charge is -2.34. The normalized spacial score (nSPS) is 16.0. The minimum atomic E-state index is -0.158. The zero-order chi connectivity index (χ0) is 21.4. The second kappa shape index (κ2) is 8.16. The summed E-state index contributed by atoms with van der Waals surface area (Å²) in [7, 11) is 0. The molecule has 2 amide bonds. The van der Waals surface area contributed by atoms with E-state index in [0.717, 1.165) is 41.3 Å². The summed E-state index contributed by atoms with van der Waals surface area (Å²) in [6, 6.07) is 11.5. The maximum atomic E-state index is 13.0. The summed E-state index contributed by atoms with van der Waals surface area (Å²) in [6.45, 7) is 5.54. The number of piperazine rings is 1. The molecule has 0 spiro atoms. The van der Waals surface area contributed by atoms with Gasteiger partial charge in [-0.1, -0.05) is 17.4 Å². The number of anilines is 1. The van der Waals surface area contributed by atoms with Crippen LogP contribution in [-0.4, -0.2) is 59.6 Å². The van der Waals surface area contributed by atoms with Gasteiger partial charge in [-0.3, -0.25) is 14.5 Å². The molecule has 9 heteroatoms. The molecule has 1 saturated heterocycles. The highest BCUT2D eigenvalue weighted by atomic mass is 32.1. The number of fused-ring (bicyclic) bond motifs is 2. The standard InChI is InChI=1S/C22H22N4O4S/c1-14(27)23-22-24-17-4-3-16(11-20(17)31-22)21(28)26-8-6-25(7-9-26)12-15-2-5-18-19(10-15)30-13-29-18/h2-5,10-11H,6-9,12-13H2,1H3,(H,23,24,27). The summed E-state index contributed by atoms with van der Waals surface area (Å²) in [5.41, 5.74) is 2.60. The fraction of sp³-hybridized carbons (Fsp3) is 0.318. The zero-order valence-corrected chi connectivity index (χ0v) is 17.9. The van der Waals surface area contributed by atoms with Crippen molar-refractivity contribution in [2.45, 2.75) is 13.5 Å². The number of aromatic nitrogens is 1. The summed E-state index contributed by atoms with van der Waals surface area (Å²) in [6.07, 6.45) is 0. The second-order valence-electron chi connectivity index (χ2n) is 7.64. The Kier molecular flexibility index (Phi) is 5.21. The van der Waals surface area contributed by atoms with Gasteiger partial charge < -0.3 is 19.7 Å². The average Bonchev–Trinajstić information content (AvgIpc) is 3.38. The number of hydrogen-bond donors (Lipinski definition) is 1. The number of nitrogens with one attached hydrogen (secondary N) is 1. The lowest BCUT2D eigenvalue weighted by atomic mass is 10.1. The van der Waals surface area contributed by atoms with Crippen molar-refractivity contribution in [2.75, 3.05) is 38.3 Å². The van der Waals surface area contributed by atoms with Crippen LogP contribution in [0.5, 0.6) is 11.5 Å². The van der Waals surface area contributed by atoms with E-state index < -0.39 is 0 Å². The van der Waals surface area contributed by atoms with Crippen LogP contribution >= 0.6 is 11.3 Å². The van der Waals surface area contributed by atoms with Crippen LogP contribution in [0.15, 0.2) is 36.4 Å². The van der Waals surface area contributed by atoms with E-state index in [1.54, 1.807) is 6.07 Å². The Balaban J connectivity index is 1.21. The van der Waals surface area contributed by atoms with E-state index in [1.165, 1.54) is 23.8 Å². The lowest BCUT2D eigenvalue weighted by Crippen LogP contribution is -2.48. The SMILES string of the molecule is CC(=O)Nc1nc2ccc(C(=O)N3CCN(Cc4ccc5c(c4)OCO5)CC3)cc2s1. The lowest BCUT2D eigenvalue weighted by molar-refractivity contribution is -0.114. The molecular formula is C22H22N4O4S. The highest BCUT2D eigenvalue weighted by molar-refractivity contribution is 7.22. The van der Waals surface area contributed by atoms with Crippen molar-refractivity contribution in [3.63, 3.8) is 0 Å². The quantitative estimate of drug-likeness (QED) is 0.674. The highest BCUT2D eigenvalue weighted by Gasteiger charge is 2.23. The van der Waals surface area contributed by atoms with Gasteiger partial charge in [0.2, 0.25) is 12.7 Å². The minimum Gasteiger partial charge on any atom is -0.454 e. The Morgan fingerprint density at radius 3 is 2.68 bits per heavy atom. The van der Waals surface area contributed by atoms with Gasteiger partial charge in [-0.15, -0.1) is 0 Å². The molecule has 3 aromatic rings. The van der Waals surface area contributed by atoms with Crippen LogP contribution < -0.4 is 14.8 Å². The number of hydrogen-bond acceptors (Lipinski definition) is 7. The van der Waals surface area contributed by atoms with Crippen LogP contribution in [0, 0.1) is 0 Å². The summed E-state index contributed by atoms with van der Waals surface area (Å²) >= 11 is 1.37. The van der Waals surface area contributed by atoms with E-state index in [9.17, 15) is 9.59 Å². The Hall–Kier alpha value is -3.17. The molecule has 5 rings (SSSR count). The molecule has 0 saturated carbocycles. The van der Waals surface area contributed by atoms with Crippen molar-refractivity contribution in [2.24, 2.45) is 0 Å². The first kappa shape index (κ1) is 19.8. The monoisotopic (exact) mass is 438 g/mol. The van der Waals surface area contributed by atoms with Gasteiger partial charge in [-0.05, 0) is 35.9 Å². The van der Waals surface area contributed by atoms with Gasteiger partial charge in [0, 0.05) is 45.2 Å². The van der Waals surface area contributed by atoms with Crippen LogP contribution in [0.3, 0.4) is 0 Å². The molecule has 0 radical (unpaired) electrons. The number of carbonyl (C=O) groups is 2. The highest BCUT2D eigenvalue weighted by Crippen LogP contribution is 2.33. The molecule has 2 aliphatic rings. The fourth-order valence-corrected chi connectivity index (χ4v) is 4.80. The third-order valence-electron chi connectivity index (χ3n) is 5.42. The predicted octanol–water partition coefficient (Wildman–Crippen LogP) is 2.94. The Labute approximate surface area is 183 Å². The number of thiazole rings is 1. The van der Waals surface area contributed by atoms with Crippen LogP contribution in [0.25, 0.3) is 10.2 Å². The molecule has 31 heavy (non-hydrogen) atoms. The number of amides is 2. The minimum absolute atomic E-state index is 0.0270. The smallest absolute Gasteiger partial charge is 0.253 e. The van der Waals surface area contributed by atoms with Crippen molar-refractivity contribution >= 4 is 38.5 Å². The molecule has 2 aromatic carbocycles. The molecule has 0 atom stereocenters. The Morgan fingerprint density at radius 2 is 1.87 bits per heavy atom. The maximum Gasteiger partial charge on any atom is 0.253 e. The number of ether oxygens (including phenoxy) is 2. The third kappa shape index (κ3) is 4.19. The van der Waals surface area contributed by atoms with Crippen LogP contribution in [0.4, 0.5) is 5.13 Å². The first-order chi connectivity index (χ1) is 15.0. The van der Waals surface area contributed by atoms with Crippen LogP contribution in [0.1, 0.15) is 22.8 Å². The van der Waals surface area contributed by atoms with Gasteiger partial charge in [-0.25, -0.2) is 4.98 Å². The molecule has 160 valence electrons. The largest absolute Gasteiger partial charge is 0.454 e. The fourth-order valence-electron chi connectivity index (χ4n) is 3.85. The Morgan fingerprint density at radius 1 is 1.06 bits per heavy atom. The van der Waals surface area contributed by atoms with Crippen molar-refractivity contribution in [1.29, 1.82) is 0 Å². The van der Waals surface area contributed by atoms with Crippen LogP contribution in [-0.2, 0) is 11.3 Å². The first-order valence-corrected chi connectivity index (χ1v) is 11.0. The molecule has 8 nitrogen and oxygen atoms in total. The number of benzene rings is 2. The van der Waals surface area contributed by atoms with Crippen molar-refractivity contribution in [1.82, 2.24) is 14.8 Å². The van der Waals surface area contributed by atoms with E-state index >= 15 is 0 Å². The molecule has 0 aliphatic carbocycles. The van der Waals surface area contributed by atoms with Crippen LogP contribution in [0.2, 0.25) is 0 Å². The van der Waals surface area contributed by atoms with Gasteiger partial charge >= 0.3 is 0 Å². The van der Waals surface area contributed by atoms with Gasteiger partial charge in [0.25, 0.3) is 5.91 Å². The number of rotatable bonds is 4. The van der Waals surface area contributed by atoms with Crippen molar-refractivity contribution in [3.05, 3.63) is 47.5 Å². The van der Waals surface area contributed by atoms with E-state index in [-0.39, 0.29) is 18.6 Å². The zero-order valence-electron chi connectivity index (χ0n) is 17.1. The van der Waals surface area contributed by atoms with Gasteiger partial charge in [0.05, 0.1) is 10.2 Å². The summed E-state index contributed by atoms with van der Waals surface area (Å²) in [4.78, 5) is 32.9. The van der Waals surface area contributed by atoms with E-state index in [1.807, 2.05) is 29.2 Å². The molecule has 1 aromatic heterocycles. The first-order valence-electron chi connectivity index (χ1n) is 10.1. The van der Waals surface area contributed by atoms with Gasteiger partial charge in [0.15, 0.2) is 16.6 Å². The van der Waals surface area contributed by atoms with Crippen molar-refractivity contribution < 1.29 is 19.1 Å². The summed E-state index contributed by atoms with van der Waals surface area (Å²) in [5.74, 6) is 1.46. The number of nitrogens with zero attached hydrogens (tertiary/aromatic N) is 3. The molecule has 1 N–H and O–H groups in total. The average molecular weight is 439 g/mol. The predicted molar refractivity (Wildman–Crippen MR) is 118 cm³/mol. The maximum absolute atomic E-state index is 13.0. The topological polar surface area (TPSA) is 84.0 Å². The molecule has 2 aliphatic heterocycles. The van der Waals surface area contributed by atoms with E-state index in [0.29, 0.717) is 23.8 Å².